The molecule has 2 atom stereocenters. The van der Waals surface area contributed by atoms with Gasteiger partial charge in [0.15, 0.2) is 0 Å². The summed E-state index contributed by atoms with van der Waals surface area (Å²) >= 11 is 0. The van der Waals surface area contributed by atoms with Gasteiger partial charge in [-0.2, -0.15) is 0 Å². The van der Waals surface area contributed by atoms with Crippen LogP contribution in [0.25, 0.3) is 0 Å². The van der Waals surface area contributed by atoms with Crippen molar-refractivity contribution in [3.8, 4) is 0 Å². The smallest absolute Gasteiger partial charge is 0.220 e. The molecule has 2 amide bonds. The highest BCUT2D eigenvalue weighted by molar-refractivity contribution is 5.79. The van der Waals surface area contributed by atoms with E-state index < -0.39 is 0 Å². The van der Waals surface area contributed by atoms with Crippen LogP contribution < -0.4 is 10.6 Å². The van der Waals surface area contributed by atoms with Crippen molar-refractivity contribution < 1.29 is 9.59 Å². The van der Waals surface area contributed by atoms with Crippen molar-refractivity contribution in [2.24, 2.45) is 46.3 Å². The predicted molar refractivity (Wildman–Crippen MR) is 130 cm³/mol. The molecule has 0 heterocycles. The Kier molecular flexibility index (Phi) is 5.61. The third kappa shape index (κ3) is 4.16. The molecule has 33 heavy (non-hydrogen) atoms. The third-order valence-corrected chi connectivity index (χ3v) is 11.6. The lowest BCUT2D eigenvalue weighted by molar-refractivity contribution is -0.127. The zero-order chi connectivity index (χ0) is 22.8. The number of rotatable bonds is 8. The molecular formula is C29H46N2O2. The maximum absolute atomic E-state index is 12.7. The van der Waals surface area contributed by atoms with Gasteiger partial charge in [0.25, 0.3) is 0 Å². The van der Waals surface area contributed by atoms with E-state index in [1.54, 1.807) is 0 Å². The summed E-state index contributed by atoms with van der Waals surface area (Å²) in [6.07, 6.45) is 18.2. The minimum atomic E-state index is 0.153. The van der Waals surface area contributed by atoms with E-state index in [0.717, 1.165) is 35.5 Å². The van der Waals surface area contributed by atoms with E-state index in [0.29, 0.717) is 30.1 Å². The SMILES string of the molecule is CC(NC(=O)CCCC(=O)NC(C)C12CC3CC(CC(C3)C1)C2)C12CC3CC(CC(C3)C1)C2. The van der Waals surface area contributed by atoms with Crippen molar-refractivity contribution in [2.45, 2.75) is 122 Å². The van der Waals surface area contributed by atoms with Crippen LogP contribution in [0.3, 0.4) is 0 Å². The highest BCUT2D eigenvalue weighted by Gasteiger charge is 2.54. The van der Waals surface area contributed by atoms with Crippen molar-refractivity contribution >= 4 is 11.8 Å². The second-order valence-corrected chi connectivity index (χ2v) is 14.0. The van der Waals surface area contributed by atoms with Gasteiger partial charge in [-0.05, 0) is 144 Å². The average Bonchev–Trinajstić information content (AvgIpc) is 2.71. The molecule has 4 heteroatoms. The summed E-state index contributed by atoms with van der Waals surface area (Å²) < 4.78 is 0. The molecule has 8 bridgehead atoms. The molecule has 8 saturated carbocycles. The van der Waals surface area contributed by atoms with E-state index in [9.17, 15) is 9.59 Å². The quantitative estimate of drug-likeness (QED) is 0.502. The molecule has 0 saturated heterocycles. The topological polar surface area (TPSA) is 58.2 Å². The van der Waals surface area contributed by atoms with Crippen LogP contribution in [-0.2, 0) is 9.59 Å². The summed E-state index contributed by atoms with van der Waals surface area (Å²) in [5.74, 6) is 5.78. The Morgan fingerprint density at radius 1 is 0.606 bits per heavy atom. The van der Waals surface area contributed by atoms with Gasteiger partial charge in [0.1, 0.15) is 0 Å². The Morgan fingerprint density at radius 2 is 0.879 bits per heavy atom. The fraction of sp³-hybridized carbons (Fsp3) is 0.931. The fourth-order valence-electron chi connectivity index (χ4n) is 10.8. The van der Waals surface area contributed by atoms with Crippen molar-refractivity contribution in [3.63, 3.8) is 0 Å². The van der Waals surface area contributed by atoms with E-state index in [1.807, 2.05) is 0 Å². The van der Waals surface area contributed by atoms with Crippen molar-refractivity contribution in [2.75, 3.05) is 0 Å². The summed E-state index contributed by atoms with van der Waals surface area (Å²) in [6.45, 7) is 4.51. The van der Waals surface area contributed by atoms with E-state index in [-0.39, 0.29) is 23.9 Å². The molecule has 0 aromatic heterocycles. The van der Waals surface area contributed by atoms with E-state index in [4.69, 9.17) is 0 Å². The van der Waals surface area contributed by atoms with Gasteiger partial charge in [-0.3, -0.25) is 9.59 Å². The fourth-order valence-corrected chi connectivity index (χ4v) is 10.8. The summed E-state index contributed by atoms with van der Waals surface area (Å²) in [7, 11) is 0. The van der Waals surface area contributed by atoms with Crippen LogP contribution in [0.4, 0.5) is 0 Å². The van der Waals surface area contributed by atoms with Crippen LogP contribution in [0.1, 0.15) is 110 Å². The highest BCUT2D eigenvalue weighted by atomic mass is 16.2. The molecule has 0 aromatic carbocycles. The minimum Gasteiger partial charge on any atom is -0.353 e. The van der Waals surface area contributed by atoms with Gasteiger partial charge < -0.3 is 10.6 Å². The van der Waals surface area contributed by atoms with Gasteiger partial charge in [-0.1, -0.05) is 0 Å². The van der Waals surface area contributed by atoms with Gasteiger partial charge in [0.2, 0.25) is 11.8 Å². The van der Waals surface area contributed by atoms with Gasteiger partial charge >= 0.3 is 0 Å². The highest BCUT2D eigenvalue weighted by Crippen LogP contribution is 2.62. The van der Waals surface area contributed by atoms with Crippen LogP contribution in [0.2, 0.25) is 0 Å². The Hall–Kier alpha value is -1.06. The number of amides is 2. The molecule has 2 unspecified atom stereocenters. The summed E-state index contributed by atoms with van der Waals surface area (Å²) in [4.78, 5) is 25.5. The molecular weight excluding hydrogens is 408 g/mol. The molecule has 184 valence electrons. The minimum absolute atomic E-state index is 0.153. The lowest BCUT2D eigenvalue weighted by atomic mass is 9.48. The largest absolute Gasteiger partial charge is 0.353 e. The lowest BCUT2D eigenvalue weighted by Crippen LogP contribution is -2.56. The van der Waals surface area contributed by atoms with Crippen LogP contribution in [0, 0.1) is 46.3 Å². The van der Waals surface area contributed by atoms with Crippen LogP contribution in [0.5, 0.6) is 0 Å². The number of nitrogens with one attached hydrogen (secondary N) is 2. The van der Waals surface area contributed by atoms with Crippen molar-refractivity contribution in [1.29, 1.82) is 0 Å². The van der Waals surface area contributed by atoms with Gasteiger partial charge in [0.05, 0.1) is 0 Å². The van der Waals surface area contributed by atoms with Gasteiger partial charge in [0, 0.05) is 24.9 Å². The average molecular weight is 455 g/mol. The van der Waals surface area contributed by atoms with Gasteiger partial charge in [-0.15, -0.1) is 0 Å². The first-order valence-corrected chi connectivity index (χ1v) is 14.4. The zero-order valence-electron chi connectivity index (χ0n) is 21.0. The monoisotopic (exact) mass is 454 g/mol. The lowest BCUT2D eigenvalue weighted by Gasteiger charge is -2.59. The first-order valence-electron chi connectivity index (χ1n) is 14.4. The van der Waals surface area contributed by atoms with Crippen molar-refractivity contribution in [1.82, 2.24) is 10.6 Å². The maximum atomic E-state index is 12.7. The Labute approximate surface area is 200 Å². The van der Waals surface area contributed by atoms with E-state index in [1.165, 1.54) is 77.0 Å². The normalized spacial score (nSPS) is 46.2. The number of hydrogen-bond acceptors (Lipinski definition) is 2. The molecule has 8 fully saturated rings. The van der Waals surface area contributed by atoms with Crippen LogP contribution >= 0.6 is 0 Å². The summed E-state index contributed by atoms with van der Waals surface area (Å²) in [5.41, 5.74) is 0.712. The first kappa shape index (κ1) is 22.4. The second kappa shape index (κ2) is 8.26. The summed E-state index contributed by atoms with van der Waals surface area (Å²) in [6, 6.07) is 0.562. The summed E-state index contributed by atoms with van der Waals surface area (Å²) in [5, 5.41) is 6.74. The second-order valence-electron chi connectivity index (χ2n) is 14.0. The Balaban J connectivity index is 0.947. The first-order chi connectivity index (χ1) is 15.8. The molecule has 8 rings (SSSR count). The zero-order valence-corrected chi connectivity index (χ0v) is 21.0. The molecule has 0 spiro atoms. The van der Waals surface area contributed by atoms with Crippen LogP contribution in [0.15, 0.2) is 0 Å². The number of hydrogen-bond donors (Lipinski definition) is 2. The molecule has 8 aliphatic carbocycles. The predicted octanol–water partition coefficient (Wildman–Crippen LogP) is 5.60. The van der Waals surface area contributed by atoms with Crippen LogP contribution in [-0.4, -0.2) is 23.9 Å². The molecule has 4 nitrogen and oxygen atoms in total. The maximum Gasteiger partial charge on any atom is 0.220 e. The third-order valence-electron chi connectivity index (χ3n) is 11.6. The molecule has 8 aliphatic rings. The van der Waals surface area contributed by atoms with E-state index >= 15 is 0 Å². The molecule has 0 aliphatic heterocycles. The standard InChI is InChI=1S/C29H46N2O2/c1-18(28-12-20-6-21(13-28)8-22(7-20)14-28)30-26(32)4-3-5-27(33)31-19(2)29-15-23-9-24(16-29)11-25(10-23)17-29/h18-25H,3-17H2,1-2H3,(H,30,32)(H,31,33). The molecule has 2 N–H and O–H groups in total. The Morgan fingerprint density at radius 3 is 1.15 bits per heavy atom. The van der Waals surface area contributed by atoms with Gasteiger partial charge in [-0.25, -0.2) is 0 Å². The Bertz CT molecular complexity index is 654. The number of carbonyl (C=O) groups is 2. The van der Waals surface area contributed by atoms with E-state index in [2.05, 4.69) is 24.5 Å². The molecule has 0 radical (unpaired) electrons. The number of carbonyl (C=O) groups excluding carboxylic acids is 2. The molecule has 0 aromatic rings. The van der Waals surface area contributed by atoms with Crippen molar-refractivity contribution in [3.05, 3.63) is 0 Å².